The van der Waals surface area contributed by atoms with E-state index in [2.05, 4.69) is 19.1 Å². The minimum absolute atomic E-state index is 0.104. The largest absolute Gasteiger partial charge is 0.393 e. The molecule has 0 aromatic heterocycles. The summed E-state index contributed by atoms with van der Waals surface area (Å²) in [6, 6.07) is 6.26. The lowest BCUT2D eigenvalue weighted by Crippen LogP contribution is -2.51. The minimum Gasteiger partial charge on any atom is -0.393 e. The number of nitriles is 1. The summed E-state index contributed by atoms with van der Waals surface area (Å²) >= 11 is 6.48. The highest BCUT2D eigenvalue weighted by atomic mass is 35.5. The van der Waals surface area contributed by atoms with Gasteiger partial charge in [-0.25, -0.2) is 0 Å². The van der Waals surface area contributed by atoms with E-state index in [1.165, 1.54) is 17.5 Å². The van der Waals surface area contributed by atoms with Crippen LogP contribution in [0.3, 0.4) is 0 Å². The topological polar surface area (TPSA) is 44.0 Å². The molecule has 2 saturated carbocycles. The Morgan fingerprint density at radius 3 is 2.87 bits per heavy atom. The van der Waals surface area contributed by atoms with Crippen LogP contribution in [0.2, 0.25) is 5.02 Å². The predicted molar refractivity (Wildman–Crippen MR) is 91.4 cm³/mol. The number of aliphatic hydroxyl groups is 1. The average Bonchev–Trinajstić information content (AvgIpc) is 2.56. The second-order valence-electron chi connectivity index (χ2n) is 8.01. The number of nitrogens with zero attached hydrogens (tertiary/aromatic N) is 1. The van der Waals surface area contributed by atoms with Gasteiger partial charge in [-0.1, -0.05) is 31.0 Å². The van der Waals surface area contributed by atoms with Crippen molar-refractivity contribution in [2.75, 3.05) is 0 Å². The predicted octanol–water partition coefficient (Wildman–Crippen LogP) is 4.82. The van der Waals surface area contributed by atoms with Crippen LogP contribution in [0.25, 0.3) is 0 Å². The number of fused-ring (bicyclic) bond motifs is 5. The van der Waals surface area contributed by atoms with Crippen LogP contribution in [-0.4, -0.2) is 11.2 Å². The standard InChI is InChI=1S/C20H24ClNO/c1-20-10-9-14-13-6-5-12(11-22)19(21)16(13)8-7-15(14)17(20)3-2-4-18(20)23/h5-6,14-15,17-18,23H,2-4,7-10H2,1H3/t14?,15?,17?,18-,20-/m0/s1. The highest BCUT2D eigenvalue weighted by molar-refractivity contribution is 6.32. The summed E-state index contributed by atoms with van der Waals surface area (Å²) < 4.78 is 0. The fourth-order valence-corrected chi connectivity index (χ4v) is 6.19. The molecule has 3 unspecified atom stereocenters. The van der Waals surface area contributed by atoms with E-state index in [0.717, 1.165) is 38.5 Å². The Morgan fingerprint density at radius 1 is 1.26 bits per heavy atom. The zero-order valence-corrected chi connectivity index (χ0v) is 14.4. The van der Waals surface area contributed by atoms with Gasteiger partial charge >= 0.3 is 0 Å². The van der Waals surface area contributed by atoms with Crippen molar-refractivity contribution in [3.8, 4) is 6.07 Å². The van der Waals surface area contributed by atoms with E-state index >= 15 is 0 Å². The van der Waals surface area contributed by atoms with Crippen LogP contribution in [0.15, 0.2) is 12.1 Å². The van der Waals surface area contributed by atoms with Gasteiger partial charge in [-0.3, -0.25) is 0 Å². The Morgan fingerprint density at radius 2 is 2.09 bits per heavy atom. The number of benzene rings is 1. The molecule has 3 aliphatic rings. The van der Waals surface area contributed by atoms with E-state index in [1.54, 1.807) is 0 Å². The second kappa shape index (κ2) is 5.50. The normalized spacial score (nSPS) is 38.9. The van der Waals surface area contributed by atoms with Crippen LogP contribution >= 0.6 is 11.6 Å². The molecule has 122 valence electrons. The molecular weight excluding hydrogens is 306 g/mol. The second-order valence-corrected chi connectivity index (χ2v) is 8.39. The molecule has 0 bridgehead atoms. The number of aliphatic hydroxyl groups excluding tert-OH is 1. The number of rotatable bonds is 0. The van der Waals surface area contributed by atoms with Gasteiger partial charge in [-0.15, -0.1) is 0 Å². The number of hydrogen-bond acceptors (Lipinski definition) is 2. The summed E-state index contributed by atoms with van der Waals surface area (Å²) in [5, 5.41) is 20.5. The first-order valence-electron chi connectivity index (χ1n) is 8.95. The molecule has 2 nitrogen and oxygen atoms in total. The van der Waals surface area contributed by atoms with Gasteiger partial charge in [0.05, 0.1) is 16.7 Å². The average molecular weight is 330 g/mol. The molecule has 1 aromatic carbocycles. The van der Waals surface area contributed by atoms with Gasteiger partial charge in [-0.2, -0.15) is 5.26 Å². The van der Waals surface area contributed by atoms with E-state index in [9.17, 15) is 10.4 Å². The lowest BCUT2D eigenvalue weighted by atomic mass is 9.50. The molecule has 4 rings (SSSR count). The van der Waals surface area contributed by atoms with Crippen LogP contribution in [-0.2, 0) is 6.42 Å². The lowest BCUT2D eigenvalue weighted by Gasteiger charge is -2.56. The molecule has 0 aliphatic heterocycles. The molecule has 1 N–H and O–H groups in total. The van der Waals surface area contributed by atoms with Gasteiger partial charge < -0.3 is 5.11 Å². The van der Waals surface area contributed by atoms with Crippen LogP contribution in [0.1, 0.15) is 68.1 Å². The van der Waals surface area contributed by atoms with Gasteiger partial charge in [0.2, 0.25) is 0 Å². The van der Waals surface area contributed by atoms with Crippen LogP contribution in [0.5, 0.6) is 0 Å². The summed E-state index contributed by atoms with van der Waals surface area (Å²) in [5.41, 5.74) is 3.31. The first kappa shape index (κ1) is 15.5. The zero-order chi connectivity index (χ0) is 16.2. The van der Waals surface area contributed by atoms with Crippen molar-refractivity contribution in [1.82, 2.24) is 0 Å². The summed E-state index contributed by atoms with van der Waals surface area (Å²) in [5.74, 6) is 1.86. The Labute approximate surface area is 143 Å². The maximum atomic E-state index is 10.6. The van der Waals surface area contributed by atoms with Crippen molar-refractivity contribution in [3.05, 3.63) is 33.8 Å². The van der Waals surface area contributed by atoms with E-state index < -0.39 is 0 Å². The Bertz CT molecular complexity index is 679. The maximum Gasteiger partial charge on any atom is 0.101 e. The third-order valence-electron chi connectivity index (χ3n) is 7.16. The molecule has 0 saturated heterocycles. The Kier molecular flexibility index (Phi) is 3.70. The zero-order valence-electron chi connectivity index (χ0n) is 13.7. The summed E-state index contributed by atoms with van der Waals surface area (Å²) in [6.45, 7) is 2.32. The van der Waals surface area contributed by atoms with Crippen molar-refractivity contribution >= 4 is 11.6 Å². The van der Waals surface area contributed by atoms with Crippen molar-refractivity contribution in [2.24, 2.45) is 17.3 Å². The summed E-state index contributed by atoms with van der Waals surface area (Å²) in [4.78, 5) is 0. The van der Waals surface area contributed by atoms with Gasteiger partial charge in [0.1, 0.15) is 6.07 Å². The van der Waals surface area contributed by atoms with Crippen LogP contribution < -0.4 is 0 Å². The Balaban J connectivity index is 1.73. The van der Waals surface area contributed by atoms with E-state index in [1.807, 2.05) is 6.07 Å². The minimum atomic E-state index is -0.131. The van der Waals surface area contributed by atoms with Crippen LogP contribution in [0.4, 0.5) is 0 Å². The third kappa shape index (κ3) is 2.17. The van der Waals surface area contributed by atoms with Crippen LogP contribution in [0, 0.1) is 28.6 Å². The van der Waals surface area contributed by atoms with Gasteiger partial charge in [-0.05, 0) is 78.9 Å². The van der Waals surface area contributed by atoms with Gasteiger partial charge in [0.25, 0.3) is 0 Å². The molecule has 5 atom stereocenters. The smallest absolute Gasteiger partial charge is 0.101 e. The fourth-order valence-electron chi connectivity index (χ4n) is 5.88. The molecule has 0 amide bonds. The molecule has 2 fully saturated rings. The molecule has 0 spiro atoms. The lowest BCUT2D eigenvalue weighted by molar-refractivity contribution is -0.0976. The number of hydrogen-bond donors (Lipinski definition) is 1. The monoisotopic (exact) mass is 329 g/mol. The van der Waals surface area contributed by atoms with Crippen molar-refractivity contribution in [3.63, 3.8) is 0 Å². The highest BCUT2D eigenvalue weighted by Crippen LogP contribution is 2.59. The first-order chi connectivity index (χ1) is 11.1. The first-order valence-corrected chi connectivity index (χ1v) is 9.33. The summed E-state index contributed by atoms with van der Waals surface area (Å²) in [6.07, 6.45) is 7.64. The molecular formula is C20H24ClNO. The fraction of sp³-hybridized carbons (Fsp3) is 0.650. The number of halogens is 1. The third-order valence-corrected chi connectivity index (χ3v) is 7.59. The highest BCUT2D eigenvalue weighted by Gasteiger charge is 2.52. The van der Waals surface area contributed by atoms with Gasteiger partial charge in [0.15, 0.2) is 0 Å². The van der Waals surface area contributed by atoms with E-state index in [-0.39, 0.29) is 11.5 Å². The molecule has 0 radical (unpaired) electrons. The molecule has 0 heterocycles. The quantitative estimate of drug-likeness (QED) is 0.741. The Hall–Kier alpha value is -1.04. The molecule has 3 aliphatic carbocycles. The molecule has 1 aromatic rings. The maximum absolute atomic E-state index is 10.6. The van der Waals surface area contributed by atoms with Gasteiger partial charge in [0, 0.05) is 0 Å². The van der Waals surface area contributed by atoms with E-state index in [0.29, 0.717) is 28.3 Å². The SMILES string of the molecule is C[C@]12CCC3c4ccc(C#N)c(Cl)c4CCC3C1CCC[C@@H]2O. The van der Waals surface area contributed by atoms with Crippen molar-refractivity contribution < 1.29 is 5.11 Å². The van der Waals surface area contributed by atoms with E-state index in [4.69, 9.17) is 11.6 Å². The molecule has 3 heteroatoms. The van der Waals surface area contributed by atoms with Crippen molar-refractivity contribution in [1.29, 1.82) is 5.26 Å². The molecule has 23 heavy (non-hydrogen) atoms. The summed E-state index contributed by atoms with van der Waals surface area (Å²) in [7, 11) is 0. The van der Waals surface area contributed by atoms with Crippen molar-refractivity contribution in [2.45, 2.75) is 63.9 Å².